The smallest absolute Gasteiger partial charge is 0.336 e. The zero-order valence-electron chi connectivity index (χ0n) is 14.8. The summed E-state index contributed by atoms with van der Waals surface area (Å²) in [4.78, 5) is 13.2. The topological polar surface area (TPSA) is 77.9 Å². The number of carboxylic acids is 1. The van der Waals surface area contributed by atoms with Gasteiger partial charge in [0, 0.05) is 38.1 Å². The number of rotatable bonds is 5. The molecular weight excluding hydrogens is 372 g/mol. The van der Waals surface area contributed by atoms with E-state index in [-0.39, 0.29) is 9.77 Å². The molecule has 1 aliphatic rings. The Kier molecular flexibility index (Phi) is 5.47. The Balaban J connectivity index is 1.64. The molecule has 1 N–H and O–H groups in total. The minimum absolute atomic E-state index is 0.0158. The molecule has 0 spiro atoms. The Morgan fingerprint density at radius 2 is 1.69 bits per heavy atom. The number of sulfonamides is 1. The van der Waals surface area contributed by atoms with Crippen molar-refractivity contribution in [3.63, 3.8) is 0 Å². The van der Waals surface area contributed by atoms with Gasteiger partial charge in [-0.05, 0) is 25.5 Å². The van der Waals surface area contributed by atoms with Crippen LogP contribution in [0.4, 0.5) is 0 Å². The predicted molar refractivity (Wildman–Crippen MR) is 101 cm³/mol. The fraction of sp³-hybridized carbons (Fsp3) is 0.389. The normalized spacial score (nSPS) is 16.7. The van der Waals surface area contributed by atoms with Gasteiger partial charge in [-0.3, -0.25) is 4.90 Å². The fourth-order valence-electron chi connectivity index (χ4n) is 3.24. The molecule has 8 heteroatoms. The first-order chi connectivity index (χ1) is 12.3. The van der Waals surface area contributed by atoms with Gasteiger partial charge in [0.1, 0.15) is 4.21 Å². The van der Waals surface area contributed by atoms with E-state index in [1.165, 1.54) is 32.4 Å². The largest absolute Gasteiger partial charge is 0.478 e. The maximum atomic E-state index is 12.7. The van der Waals surface area contributed by atoms with E-state index in [0.717, 1.165) is 17.9 Å². The molecule has 1 aromatic heterocycles. The lowest BCUT2D eigenvalue weighted by molar-refractivity contribution is 0.0697. The van der Waals surface area contributed by atoms with Gasteiger partial charge in [0.2, 0.25) is 0 Å². The van der Waals surface area contributed by atoms with Crippen molar-refractivity contribution in [1.29, 1.82) is 0 Å². The summed E-state index contributed by atoms with van der Waals surface area (Å²) in [5.41, 5.74) is 3.71. The molecule has 140 valence electrons. The summed E-state index contributed by atoms with van der Waals surface area (Å²) in [6, 6.07) is 7.70. The van der Waals surface area contributed by atoms with Crippen molar-refractivity contribution in [3.8, 4) is 0 Å². The number of nitrogens with zero attached hydrogens (tertiary/aromatic N) is 2. The van der Waals surface area contributed by atoms with Crippen molar-refractivity contribution in [2.75, 3.05) is 26.2 Å². The van der Waals surface area contributed by atoms with E-state index in [0.29, 0.717) is 26.2 Å². The molecular formula is C18H22N2O4S2. The molecule has 0 radical (unpaired) electrons. The summed E-state index contributed by atoms with van der Waals surface area (Å²) in [5, 5.41) is 10.3. The van der Waals surface area contributed by atoms with Crippen LogP contribution in [0.15, 0.2) is 33.9 Å². The van der Waals surface area contributed by atoms with Crippen LogP contribution < -0.4 is 0 Å². The first kappa shape index (κ1) is 19.0. The quantitative estimate of drug-likeness (QED) is 0.843. The number of piperazine rings is 1. The van der Waals surface area contributed by atoms with E-state index >= 15 is 0 Å². The average Bonchev–Trinajstić information content (AvgIpc) is 3.05. The van der Waals surface area contributed by atoms with E-state index in [9.17, 15) is 13.2 Å². The lowest BCUT2D eigenvalue weighted by atomic mass is 10.1. The average molecular weight is 395 g/mol. The van der Waals surface area contributed by atoms with Gasteiger partial charge in [-0.15, -0.1) is 11.3 Å². The maximum absolute atomic E-state index is 12.7. The van der Waals surface area contributed by atoms with Crippen LogP contribution in [0.5, 0.6) is 0 Å². The van der Waals surface area contributed by atoms with E-state index in [4.69, 9.17) is 5.11 Å². The summed E-state index contributed by atoms with van der Waals surface area (Å²) in [6.45, 7) is 7.09. The van der Waals surface area contributed by atoms with Crippen LogP contribution in [0.25, 0.3) is 0 Å². The standard InChI is InChI=1S/C18H22N2O4S2/c1-13-7-14(2)9-15(8-13)11-19-3-5-20(6-4-19)26(23,24)17-10-16(12-25-17)18(21)22/h7-10,12H,3-6,11H2,1-2H3,(H,21,22). The van der Waals surface area contributed by atoms with Crippen molar-refractivity contribution in [1.82, 2.24) is 9.21 Å². The molecule has 1 saturated heterocycles. The molecule has 1 aliphatic heterocycles. The Morgan fingerprint density at radius 3 is 2.23 bits per heavy atom. The third kappa shape index (κ3) is 4.15. The van der Waals surface area contributed by atoms with Crippen molar-refractivity contribution in [2.45, 2.75) is 24.6 Å². The number of aryl methyl sites for hydroxylation is 2. The number of hydrogen-bond donors (Lipinski definition) is 1. The van der Waals surface area contributed by atoms with Crippen LogP contribution in [0.2, 0.25) is 0 Å². The first-order valence-corrected chi connectivity index (χ1v) is 10.7. The van der Waals surface area contributed by atoms with E-state index in [1.807, 2.05) is 0 Å². The maximum Gasteiger partial charge on any atom is 0.336 e. The van der Waals surface area contributed by atoms with Crippen LogP contribution >= 0.6 is 11.3 Å². The van der Waals surface area contributed by atoms with Gasteiger partial charge in [0.25, 0.3) is 10.0 Å². The SMILES string of the molecule is Cc1cc(C)cc(CN2CCN(S(=O)(=O)c3cc(C(=O)O)cs3)CC2)c1. The van der Waals surface area contributed by atoms with Gasteiger partial charge < -0.3 is 5.11 Å². The van der Waals surface area contributed by atoms with Crippen LogP contribution in [0.3, 0.4) is 0 Å². The van der Waals surface area contributed by atoms with E-state index in [1.54, 1.807) is 0 Å². The second-order valence-electron chi connectivity index (χ2n) is 6.64. The Bertz CT molecular complexity index is 893. The number of aromatic carboxylic acids is 1. The van der Waals surface area contributed by atoms with Crippen molar-refractivity contribution in [3.05, 3.63) is 51.9 Å². The molecule has 0 amide bonds. The lowest BCUT2D eigenvalue weighted by Gasteiger charge is -2.33. The number of benzene rings is 1. The third-order valence-corrected chi connectivity index (χ3v) is 7.75. The highest BCUT2D eigenvalue weighted by Gasteiger charge is 2.30. The summed E-state index contributed by atoms with van der Waals surface area (Å²) in [5.74, 6) is -1.11. The van der Waals surface area contributed by atoms with Gasteiger partial charge >= 0.3 is 5.97 Å². The summed E-state index contributed by atoms with van der Waals surface area (Å²) in [7, 11) is -3.62. The zero-order chi connectivity index (χ0) is 18.9. The monoisotopic (exact) mass is 394 g/mol. The Labute approximate surface area is 157 Å². The van der Waals surface area contributed by atoms with E-state index in [2.05, 4.69) is 36.9 Å². The van der Waals surface area contributed by atoms with Gasteiger partial charge in [-0.2, -0.15) is 4.31 Å². The van der Waals surface area contributed by atoms with Crippen molar-refractivity contribution >= 4 is 27.3 Å². The third-order valence-electron chi connectivity index (χ3n) is 4.44. The summed E-state index contributed by atoms with van der Waals surface area (Å²) in [6.07, 6.45) is 0. The molecule has 0 aliphatic carbocycles. The second-order valence-corrected chi connectivity index (χ2v) is 9.71. The highest BCUT2D eigenvalue weighted by molar-refractivity contribution is 7.91. The highest BCUT2D eigenvalue weighted by atomic mass is 32.2. The van der Waals surface area contributed by atoms with Gasteiger partial charge in [-0.25, -0.2) is 13.2 Å². The Hall–Kier alpha value is -1.74. The lowest BCUT2D eigenvalue weighted by Crippen LogP contribution is -2.48. The zero-order valence-corrected chi connectivity index (χ0v) is 16.4. The van der Waals surface area contributed by atoms with Crippen LogP contribution in [-0.4, -0.2) is 54.9 Å². The minimum Gasteiger partial charge on any atom is -0.478 e. The molecule has 1 fully saturated rings. The predicted octanol–water partition coefficient (Wildman–Crippen LogP) is 2.57. The van der Waals surface area contributed by atoms with E-state index < -0.39 is 16.0 Å². The van der Waals surface area contributed by atoms with Crippen molar-refractivity contribution < 1.29 is 18.3 Å². The van der Waals surface area contributed by atoms with Gasteiger partial charge in [-0.1, -0.05) is 29.3 Å². The molecule has 0 bridgehead atoms. The second kappa shape index (κ2) is 7.48. The summed E-state index contributed by atoms with van der Waals surface area (Å²) >= 11 is 0.961. The molecule has 0 unspecified atom stereocenters. The summed E-state index contributed by atoms with van der Waals surface area (Å²) < 4.78 is 26.9. The molecule has 6 nitrogen and oxygen atoms in total. The van der Waals surface area contributed by atoms with Crippen LogP contribution in [0, 0.1) is 13.8 Å². The first-order valence-electron chi connectivity index (χ1n) is 8.37. The number of thiophene rings is 1. The molecule has 3 rings (SSSR count). The van der Waals surface area contributed by atoms with Crippen LogP contribution in [0.1, 0.15) is 27.0 Å². The van der Waals surface area contributed by atoms with Crippen LogP contribution in [-0.2, 0) is 16.6 Å². The minimum atomic E-state index is -3.62. The number of hydrogen-bond acceptors (Lipinski definition) is 5. The van der Waals surface area contributed by atoms with Gasteiger partial charge in [0.05, 0.1) is 5.56 Å². The molecule has 0 atom stereocenters. The molecule has 1 aromatic carbocycles. The molecule has 2 heterocycles. The number of carboxylic acid groups (broad SMARTS) is 1. The van der Waals surface area contributed by atoms with Crippen molar-refractivity contribution in [2.24, 2.45) is 0 Å². The number of carbonyl (C=O) groups is 1. The molecule has 0 saturated carbocycles. The van der Waals surface area contributed by atoms with Gasteiger partial charge in [0.15, 0.2) is 0 Å². The molecule has 26 heavy (non-hydrogen) atoms. The highest BCUT2D eigenvalue weighted by Crippen LogP contribution is 2.25. The molecule has 2 aromatic rings. The fourth-order valence-corrected chi connectivity index (χ4v) is 5.97. The Morgan fingerprint density at radius 1 is 1.08 bits per heavy atom.